The molecule has 1 N–H and O–H groups in total. The van der Waals surface area contributed by atoms with Crippen LogP contribution in [0.3, 0.4) is 0 Å². The number of rotatable bonds is 4. The SMILES string of the molecule is CC(C)=CCNCc1ccnc(C)n1. The third-order valence-corrected chi connectivity index (χ3v) is 1.79. The Morgan fingerprint density at radius 2 is 2.29 bits per heavy atom. The van der Waals surface area contributed by atoms with Gasteiger partial charge in [0, 0.05) is 19.3 Å². The predicted molar refractivity (Wildman–Crippen MR) is 57.9 cm³/mol. The van der Waals surface area contributed by atoms with E-state index < -0.39 is 0 Å². The Morgan fingerprint density at radius 1 is 1.50 bits per heavy atom. The summed E-state index contributed by atoms with van der Waals surface area (Å²) in [5.74, 6) is 0.825. The summed E-state index contributed by atoms with van der Waals surface area (Å²) in [5.41, 5.74) is 2.37. The average molecular weight is 191 g/mol. The number of nitrogens with one attached hydrogen (secondary N) is 1. The van der Waals surface area contributed by atoms with Gasteiger partial charge in [0.2, 0.25) is 0 Å². The van der Waals surface area contributed by atoms with Crippen LogP contribution in [0.5, 0.6) is 0 Å². The summed E-state index contributed by atoms with van der Waals surface area (Å²) in [6.07, 6.45) is 3.95. The molecule has 76 valence electrons. The number of allylic oxidation sites excluding steroid dienone is 1. The van der Waals surface area contributed by atoms with Crippen LogP contribution in [-0.4, -0.2) is 16.5 Å². The lowest BCUT2D eigenvalue weighted by molar-refractivity contribution is 0.730. The van der Waals surface area contributed by atoms with E-state index in [2.05, 4.69) is 35.2 Å². The molecule has 0 fully saturated rings. The van der Waals surface area contributed by atoms with Crippen molar-refractivity contribution in [2.45, 2.75) is 27.3 Å². The molecule has 1 aromatic heterocycles. The molecule has 1 aromatic rings. The summed E-state index contributed by atoms with van der Waals surface area (Å²) < 4.78 is 0. The topological polar surface area (TPSA) is 37.8 Å². The minimum atomic E-state index is 0.799. The average Bonchev–Trinajstić information content (AvgIpc) is 2.12. The molecule has 0 radical (unpaired) electrons. The van der Waals surface area contributed by atoms with Crippen LogP contribution in [0.15, 0.2) is 23.9 Å². The molecule has 3 nitrogen and oxygen atoms in total. The van der Waals surface area contributed by atoms with Gasteiger partial charge in [0.25, 0.3) is 0 Å². The second-order valence-corrected chi connectivity index (χ2v) is 3.51. The normalized spacial score (nSPS) is 9.93. The van der Waals surface area contributed by atoms with Crippen molar-refractivity contribution < 1.29 is 0 Å². The first-order valence-electron chi connectivity index (χ1n) is 4.81. The van der Waals surface area contributed by atoms with E-state index in [4.69, 9.17) is 0 Å². The minimum absolute atomic E-state index is 0.799. The highest BCUT2D eigenvalue weighted by atomic mass is 14.9. The monoisotopic (exact) mass is 191 g/mol. The van der Waals surface area contributed by atoms with Gasteiger partial charge < -0.3 is 5.32 Å². The molecule has 14 heavy (non-hydrogen) atoms. The maximum absolute atomic E-state index is 4.30. The second kappa shape index (κ2) is 5.50. The standard InChI is InChI=1S/C11H17N3/c1-9(2)4-6-12-8-11-5-7-13-10(3)14-11/h4-5,7,12H,6,8H2,1-3H3. The molecule has 0 atom stereocenters. The molecule has 0 saturated heterocycles. The van der Waals surface area contributed by atoms with Crippen molar-refractivity contribution in [2.75, 3.05) is 6.54 Å². The smallest absolute Gasteiger partial charge is 0.125 e. The Labute approximate surface area is 85.3 Å². The Bertz CT molecular complexity index is 314. The first kappa shape index (κ1) is 10.9. The van der Waals surface area contributed by atoms with Crippen LogP contribution in [0.4, 0.5) is 0 Å². The summed E-state index contributed by atoms with van der Waals surface area (Å²) in [7, 11) is 0. The van der Waals surface area contributed by atoms with Crippen molar-refractivity contribution in [2.24, 2.45) is 0 Å². The molecule has 3 heteroatoms. The predicted octanol–water partition coefficient (Wildman–Crippen LogP) is 1.84. The van der Waals surface area contributed by atoms with E-state index in [1.54, 1.807) is 6.20 Å². The van der Waals surface area contributed by atoms with Crippen molar-refractivity contribution in [1.82, 2.24) is 15.3 Å². The van der Waals surface area contributed by atoms with Crippen LogP contribution < -0.4 is 5.32 Å². The summed E-state index contributed by atoms with van der Waals surface area (Å²) in [6, 6.07) is 1.93. The zero-order valence-corrected chi connectivity index (χ0v) is 9.04. The molecular formula is C11H17N3. The maximum Gasteiger partial charge on any atom is 0.125 e. The van der Waals surface area contributed by atoms with Crippen molar-refractivity contribution in [3.63, 3.8) is 0 Å². The molecule has 0 aliphatic carbocycles. The van der Waals surface area contributed by atoms with E-state index in [0.29, 0.717) is 0 Å². The van der Waals surface area contributed by atoms with Gasteiger partial charge in [0.05, 0.1) is 5.69 Å². The van der Waals surface area contributed by atoms with Crippen molar-refractivity contribution in [1.29, 1.82) is 0 Å². The second-order valence-electron chi connectivity index (χ2n) is 3.51. The summed E-state index contributed by atoms with van der Waals surface area (Å²) in [5, 5.41) is 3.29. The third-order valence-electron chi connectivity index (χ3n) is 1.79. The molecule has 0 bridgehead atoms. The fraction of sp³-hybridized carbons (Fsp3) is 0.455. The Balaban J connectivity index is 2.35. The molecular weight excluding hydrogens is 174 g/mol. The van der Waals surface area contributed by atoms with Crippen molar-refractivity contribution >= 4 is 0 Å². The quantitative estimate of drug-likeness (QED) is 0.583. The van der Waals surface area contributed by atoms with E-state index in [-0.39, 0.29) is 0 Å². The van der Waals surface area contributed by atoms with E-state index >= 15 is 0 Å². The van der Waals surface area contributed by atoms with Crippen LogP contribution in [0.2, 0.25) is 0 Å². The molecule has 0 unspecified atom stereocenters. The minimum Gasteiger partial charge on any atom is -0.308 e. The van der Waals surface area contributed by atoms with E-state index in [1.165, 1.54) is 5.57 Å². The zero-order chi connectivity index (χ0) is 10.4. The Hall–Kier alpha value is -1.22. The summed E-state index contributed by atoms with van der Waals surface area (Å²) >= 11 is 0. The van der Waals surface area contributed by atoms with Crippen molar-refractivity contribution in [3.05, 3.63) is 35.4 Å². The molecule has 0 spiro atoms. The molecule has 0 aliphatic heterocycles. The van der Waals surface area contributed by atoms with Crippen LogP contribution >= 0.6 is 0 Å². The Kier molecular flexibility index (Phi) is 4.26. The van der Waals surface area contributed by atoms with E-state index in [1.807, 2.05) is 13.0 Å². The highest BCUT2D eigenvalue weighted by Gasteiger charge is 1.93. The first-order chi connectivity index (χ1) is 6.68. The maximum atomic E-state index is 4.30. The van der Waals surface area contributed by atoms with E-state index in [9.17, 15) is 0 Å². The highest BCUT2D eigenvalue weighted by Crippen LogP contribution is 1.94. The molecule has 0 aromatic carbocycles. The molecule has 0 saturated carbocycles. The molecule has 1 heterocycles. The lowest BCUT2D eigenvalue weighted by Crippen LogP contribution is -2.14. The third kappa shape index (κ3) is 4.14. The summed E-state index contributed by atoms with van der Waals surface area (Å²) in [6.45, 7) is 7.78. The first-order valence-corrected chi connectivity index (χ1v) is 4.81. The van der Waals surface area contributed by atoms with Gasteiger partial charge in [0.1, 0.15) is 5.82 Å². The fourth-order valence-electron chi connectivity index (χ4n) is 1.08. The van der Waals surface area contributed by atoms with Gasteiger partial charge in [-0.15, -0.1) is 0 Å². The van der Waals surface area contributed by atoms with Gasteiger partial charge in [-0.2, -0.15) is 0 Å². The Morgan fingerprint density at radius 3 is 2.93 bits per heavy atom. The van der Waals surface area contributed by atoms with Crippen LogP contribution in [0.1, 0.15) is 25.4 Å². The molecule has 1 rings (SSSR count). The van der Waals surface area contributed by atoms with Gasteiger partial charge in [-0.3, -0.25) is 0 Å². The highest BCUT2D eigenvalue weighted by molar-refractivity contribution is 5.02. The largest absolute Gasteiger partial charge is 0.308 e. The van der Waals surface area contributed by atoms with Crippen LogP contribution in [-0.2, 0) is 6.54 Å². The number of nitrogens with zero attached hydrogens (tertiary/aromatic N) is 2. The van der Waals surface area contributed by atoms with Crippen LogP contribution in [0.25, 0.3) is 0 Å². The molecule has 0 amide bonds. The van der Waals surface area contributed by atoms with Gasteiger partial charge >= 0.3 is 0 Å². The fourth-order valence-corrected chi connectivity index (χ4v) is 1.08. The lowest BCUT2D eigenvalue weighted by atomic mass is 10.3. The van der Waals surface area contributed by atoms with Crippen molar-refractivity contribution in [3.8, 4) is 0 Å². The number of hydrogen-bond acceptors (Lipinski definition) is 3. The van der Waals surface area contributed by atoms with Crippen LogP contribution in [0, 0.1) is 6.92 Å². The van der Waals surface area contributed by atoms with E-state index in [0.717, 1.165) is 24.6 Å². The molecule has 0 aliphatic rings. The van der Waals surface area contributed by atoms with Gasteiger partial charge in [-0.25, -0.2) is 9.97 Å². The number of aromatic nitrogens is 2. The zero-order valence-electron chi connectivity index (χ0n) is 9.04. The summed E-state index contributed by atoms with van der Waals surface area (Å²) in [4.78, 5) is 8.34. The lowest BCUT2D eigenvalue weighted by Gasteiger charge is -2.01. The van der Waals surface area contributed by atoms with Gasteiger partial charge in [-0.05, 0) is 26.8 Å². The number of hydrogen-bond donors (Lipinski definition) is 1. The van der Waals surface area contributed by atoms with Gasteiger partial charge in [0.15, 0.2) is 0 Å². The van der Waals surface area contributed by atoms with Gasteiger partial charge in [-0.1, -0.05) is 11.6 Å². The number of aryl methyl sites for hydroxylation is 1.